The summed E-state index contributed by atoms with van der Waals surface area (Å²) >= 11 is 3.66. The van der Waals surface area contributed by atoms with Crippen LogP contribution in [0.1, 0.15) is 143 Å². The average molecular weight is 1480 g/mol. The molecule has 2 amide bonds. The van der Waals surface area contributed by atoms with Crippen LogP contribution in [0, 0.1) is 23.3 Å². The molecule has 454 valence electrons. The van der Waals surface area contributed by atoms with Crippen molar-refractivity contribution >= 4 is 34.6 Å². The number of rotatable bonds is 17. The van der Waals surface area contributed by atoms with E-state index in [1.807, 2.05) is 65.8 Å². The summed E-state index contributed by atoms with van der Waals surface area (Å²) in [5.41, 5.74) is 8.35. The largest absolute Gasteiger partial charge is 1.00 e. The van der Waals surface area contributed by atoms with Crippen LogP contribution in [0.4, 0.5) is 27.2 Å². The summed E-state index contributed by atoms with van der Waals surface area (Å²) in [4.78, 5) is 35.8. The molecular formula is C59H83BrCs2F4N4O13. The van der Waals surface area contributed by atoms with Gasteiger partial charge in [-0.3, -0.25) is 4.79 Å². The Morgan fingerprint density at radius 2 is 1.07 bits per heavy atom. The van der Waals surface area contributed by atoms with Gasteiger partial charge in [-0.05, 0) is 192 Å². The number of carbonyl (C=O) groups excluding carboxylic acids is 3. The van der Waals surface area contributed by atoms with Crippen molar-refractivity contribution in [2.24, 2.45) is 5.73 Å². The maximum absolute atomic E-state index is 13.8. The van der Waals surface area contributed by atoms with Gasteiger partial charge in [-0.2, -0.15) is 0 Å². The molecule has 6 atom stereocenters. The van der Waals surface area contributed by atoms with E-state index in [-0.39, 0.29) is 200 Å². The minimum absolute atomic E-state index is 0. The summed E-state index contributed by atoms with van der Waals surface area (Å²) in [7, 11) is 0. The number of fused-ring (bicyclic) bond motifs is 2. The number of alkyl halides is 1. The molecule has 2 heterocycles. The minimum atomic E-state index is -1.11. The van der Waals surface area contributed by atoms with Crippen LogP contribution < -0.4 is 174 Å². The smallest absolute Gasteiger partial charge is 1.00 e. The standard InChI is InChI=1S/C29H40F2N2O5.C15H22F2N2O3.C14H19BrO2.CH2O3.2Cs.H/c1-17(2)37-21-8-9-23-22(14-21)25(16-36-29(23,6)7)32-15-26(34)24(33-27(35)38-28(3,4)5)12-18-10-19(30)13-20(31)11-18;1-15(2,3)22-14(21)19-12(13(20)8-18)6-9-4-10(16)7-11(17)5-9;1-9(2)17-10-5-6-12-11(7-10)13(15)8-16-14(12,3)4;2-1-4-3;;;/h8-11,13-14,17,24-26,32,34H,12,15-16H2,1-7H3,(H,33,35);4-5,7,12-13,20H,6,8,18H2,1-3H3,(H,19,21);5-7,9,13H,8H2,1-4H3;1,3H;;;/q;;;;2*+1;-1/p-1/t24-,25?,26+;12-,13+;;;;;/m00...../s1. The SMILES string of the molecule is CC(C)(C)OC(=O)N[C@@H](Cc1cc(F)cc(F)c1)[C@H](O)CN.CC(C)Oc1ccc2c(c1)C(Br)COC2(C)C.CC(C)Oc1ccc2c(c1)C(NC[C@@H](O)[C@H](Cc1cc(F)cc(F)c1)NC(=O)OC(C)(C)C)COC2(C)C.O=CO[O-].[Cs+].[Cs+].[H-]. The van der Waals surface area contributed by atoms with E-state index in [0.29, 0.717) is 24.3 Å². The van der Waals surface area contributed by atoms with E-state index >= 15 is 0 Å². The predicted molar refractivity (Wildman–Crippen MR) is 301 cm³/mol. The quantitative estimate of drug-likeness (QED) is 0.0291. The van der Waals surface area contributed by atoms with E-state index in [4.69, 9.17) is 44.2 Å². The Labute approximate surface area is 614 Å². The van der Waals surface area contributed by atoms with Gasteiger partial charge >= 0.3 is 150 Å². The van der Waals surface area contributed by atoms with Gasteiger partial charge in [0.05, 0.1) is 71.8 Å². The Bertz CT molecular complexity index is 2630. The molecular weight excluding hydrogens is 1390 g/mol. The fourth-order valence-corrected chi connectivity index (χ4v) is 9.02. The van der Waals surface area contributed by atoms with Crippen LogP contribution in [0.15, 0.2) is 72.8 Å². The molecule has 0 radical (unpaired) electrons. The van der Waals surface area contributed by atoms with Crippen LogP contribution in [-0.2, 0) is 52.7 Å². The van der Waals surface area contributed by atoms with Gasteiger partial charge in [0.15, 0.2) is 0 Å². The van der Waals surface area contributed by atoms with Gasteiger partial charge in [0.1, 0.15) is 46.0 Å². The second-order valence-corrected chi connectivity index (χ2v) is 24.0. The van der Waals surface area contributed by atoms with Crippen molar-refractivity contribution in [3.63, 3.8) is 0 Å². The van der Waals surface area contributed by atoms with E-state index in [2.05, 4.69) is 62.7 Å². The number of nitrogens with one attached hydrogen (secondary N) is 3. The first kappa shape index (κ1) is 79.5. The third-order valence-corrected chi connectivity index (χ3v) is 12.7. The number of alkyl carbamates (subject to hydrolysis) is 2. The molecule has 0 saturated heterocycles. The average Bonchev–Trinajstić information content (AvgIpc) is 3.13. The summed E-state index contributed by atoms with van der Waals surface area (Å²) in [5.74, 6) is -1.26. The molecule has 2 aliphatic rings. The molecule has 0 bridgehead atoms. The van der Waals surface area contributed by atoms with Crippen molar-refractivity contribution < 1.29 is 220 Å². The number of amides is 2. The monoisotopic (exact) mass is 1480 g/mol. The molecule has 0 saturated carbocycles. The Morgan fingerprint density at radius 1 is 0.699 bits per heavy atom. The molecule has 6 rings (SSSR count). The maximum atomic E-state index is 13.8. The summed E-state index contributed by atoms with van der Waals surface area (Å²) in [6.45, 7) is 27.3. The van der Waals surface area contributed by atoms with Crippen molar-refractivity contribution in [2.45, 2.75) is 180 Å². The molecule has 0 aromatic heterocycles. The predicted octanol–water partition coefficient (Wildman–Crippen LogP) is 3.60. The third kappa shape index (κ3) is 29.1. The summed E-state index contributed by atoms with van der Waals surface area (Å²) < 4.78 is 88.1. The van der Waals surface area contributed by atoms with Gasteiger partial charge in [0.25, 0.3) is 6.47 Å². The number of carbonyl (C=O) groups is 3. The summed E-state index contributed by atoms with van der Waals surface area (Å²) in [6, 6.07) is 16.3. The van der Waals surface area contributed by atoms with E-state index in [0.717, 1.165) is 46.9 Å². The second kappa shape index (κ2) is 36.9. The Balaban J connectivity index is 0.00000127. The molecule has 4 aromatic rings. The fraction of sp³-hybridized carbons (Fsp3) is 0.542. The van der Waals surface area contributed by atoms with Gasteiger partial charge in [-0.1, -0.05) is 28.1 Å². The first-order valence-corrected chi connectivity index (χ1v) is 27.4. The molecule has 0 fully saturated rings. The molecule has 17 nitrogen and oxygen atoms in total. The van der Waals surface area contributed by atoms with E-state index in [1.165, 1.54) is 23.3 Å². The molecule has 2 unspecified atom stereocenters. The number of nitrogens with two attached hydrogens (primary N) is 1. The van der Waals surface area contributed by atoms with Crippen LogP contribution in [0.3, 0.4) is 0 Å². The van der Waals surface area contributed by atoms with Gasteiger partial charge in [0.2, 0.25) is 0 Å². The zero-order valence-electron chi connectivity index (χ0n) is 51.7. The Hall–Kier alpha value is -1.49. The number of halogens is 5. The van der Waals surface area contributed by atoms with Gasteiger partial charge in [-0.15, -0.1) is 0 Å². The Morgan fingerprint density at radius 3 is 1.45 bits per heavy atom. The van der Waals surface area contributed by atoms with E-state index < -0.39 is 76.6 Å². The Kier molecular flexibility index (Phi) is 35.3. The fourth-order valence-electron chi connectivity index (χ4n) is 8.51. The maximum Gasteiger partial charge on any atom is 1.00 e. The number of ether oxygens (including phenoxy) is 6. The van der Waals surface area contributed by atoms with Crippen LogP contribution in [0.25, 0.3) is 0 Å². The normalized spacial score (nSPS) is 17.1. The number of aliphatic hydroxyl groups excluding tert-OH is 2. The zero-order chi connectivity index (χ0) is 61.2. The molecule has 0 spiro atoms. The zero-order valence-corrected chi connectivity index (χ0v) is 64.9. The number of hydrogen-bond donors (Lipinski definition) is 6. The van der Waals surface area contributed by atoms with Crippen molar-refractivity contribution in [3.8, 4) is 11.5 Å². The summed E-state index contributed by atoms with van der Waals surface area (Å²) in [5, 5.41) is 37.9. The second-order valence-electron chi connectivity index (χ2n) is 22.9. The first-order valence-electron chi connectivity index (χ1n) is 26.5. The molecule has 0 aliphatic carbocycles. The minimum Gasteiger partial charge on any atom is -1.00 e. The number of hydrogen-bond acceptors (Lipinski definition) is 15. The van der Waals surface area contributed by atoms with Crippen molar-refractivity contribution in [1.29, 1.82) is 0 Å². The van der Waals surface area contributed by atoms with E-state index in [9.17, 15) is 37.4 Å². The molecule has 7 N–H and O–H groups in total. The van der Waals surface area contributed by atoms with Crippen LogP contribution in [-0.4, -0.2) is 103 Å². The van der Waals surface area contributed by atoms with Crippen LogP contribution >= 0.6 is 15.9 Å². The van der Waals surface area contributed by atoms with Gasteiger partial charge in [-0.25, -0.2) is 27.2 Å². The third-order valence-electron chi connectivity index (χ3n) is 11.9. The number of benzene rings is 4. The van der Waals surface area contributed by atoms with E-state index in [1.54, 1.807) is 41.5 Å². The first-order chi connectivity index (χ1) is 37.5. The molecule has 24 heteroatoms. The van der Waals surface area contributed by atoms with Crippen LogP contribution in [0.5, 0.6) is 11.5 Å². The number of aliphatic hydroxyl groups is 2. The van der Waals surface area contributed by atoms with Gasteiger partial charge < -0.3 is 71.9 Å². The van der Waals surface area contributed by atoms with Crippen molar-refractivity contribution in [2.75, 3.05) is 26.3 Å². The van der Waals surface area contributed by atoms with Crippen molar-refractivity contribution in [3.05, 3.63) is 129 Å². The molecule has 83 heavy (non-hydrogen) atoms. The van der Waals surface area contributed by atoms with Gasteiger partial charge in [0, 0.05) is 25.2 Å². The van der Waals surface area contributed by atoms with Crippen molar-refractivity contribution in [1.82, 2.24) is 16.0 Å². The molecule has 4 aromatic carbocycles. The van der Waals surface area contributed by atoms with Crippen LogP contribution in [0.2, 0.25) is 0 Å². The summed E-state index contributed by atoms with van der Waals surface area (Å²) in [6.07, 6.45) is -3.42. The molecule has 2 aliphatic heterocycles. The topological polar surface area (TPSA) is 241 Å².